The number of aromatic hydroxyl groups is 2. The topological polar surface area (TPSA) is 278 Å². The Morgan fingerprint density at radius 1 is 1.21 bits per heavy atom. The number of phenols is 2. The summed E-state index contributed by atoms with van der Waals surface area (Å²) < 4.78 is -1.56. The lowest BCUT2D eigenvalue weighted by Gasteiger charge is -2.41. The van der Waals surface area contributed by atoms with Gasteiger partial charge < -0.3 is 51.3 Å². The summed E-state index contributed by atoms with van der Waals surface area (Å²) in [6, 6.07) is 1.09. The highest BCUT2D eigenvalue weighted by molar-refractivity contribution is 8.20. The van der Waals surface area contributed by atoms with Crippen LogP contribution < -0.4 is 11.1 Å². The number of thiazole rings is 1. The van der Waals surface area contributed by atoms with Crippen LogP contribution in [0.3, 0.4) is 0 Å². The Hall–Kier alpha value is -4.47. The third-order valence-corrected chi connectivity index (χ3v) is 11.9. The van der Waals surface area contributed by atoms with Gasteiger partial charge in [-0.15, -0.1) is 34.9 Å². The maximum atomic E-state index is 13.3. The molecule has 1 aromatic carbocycles. The van der Waals surface area contributed by atoms with E-state index in [-0.39, 0.29) is 36.0 Å². The number of β-lactam (4-membered cyclic amide) rings is 1. The van der Waals surface area contributed by atoms with Gasteiger partial charge in [0.1, 0.15) is 17.1 Å². The van der Waals surface area contributed by atoms with Gasteiger partial charge in [0.15, 0.2) is 32.1 Å². The van der Waals surface area contributed by atoms with E-state index < -0.39 is 84.0 Å². The summed E-state index contributed by atoms with van der Waals surface area (Å²) in [5.41, 5.74) is 2.75. The predicted octanol–water partition coefficient (Wildman–Crippen LogP) is 0.377. The molecule has 0 unspecified atom stereocenters. The van der Waals surface area contributed by atoms with Crippen LogP contribution in [0.5, 0.6) is 11.5 Å². The van der Waals surface area contributed by atoms with E-state index >= 15 is 0 Å². The number of carbonyl (C=O) groups is 5. The Morgan fingerprint density at radius 3 is 2.48 bits per heavy atom. The number of hydrogen-bond donors (Lipinski definition) is 7. The molecule has 256 valence electrons. The second-order valence-electron chi connectivity index (χ2n) is 11.1. The first-order chi connectivity index (χ1) is 22.5. The van der Waals surface area contributed by atoms with E-state index in [1.165, 1.54) is 35.1 Å². The standard InChI is InChI=1S/C26H26ClN7O11S3/c1-25(2,22(40)41)45-32-15(11-7-46-24(28)29-11)18(37)30-16-20(39)34-8-26(23(42)43,48-21(16)34)47-9-5-33(6-9)19(38)14(31-44)10-3-4-12(35)17(36)13(10)27/h3-4,7,9,16,21,35-36,44H,5-6,8H2,1-2H3,(H2,28,29)(H,30,37)(H,40,41)(H,42,43)/b31-14?,32-15-/t16-,21-,26-/m1/s1. The number of nitrogens with one attached hydrogen (secondary N) is 1. The van der Waals surface area contributed by atoms with Crippen LogP contribution in [-0.4, -0.2) is 127 Å². The van der Waals surface area contributed by atoms with Crippen LogP contribution in [-0.2, 0) is 28.8 Å². The smallest absolute Gasteiger partial charge is 0.350 e. The van der Waals surface area contributed by atoms with Crippen LogP contribution in [0.1, 0.15) is 25.1 Å². The molecule has 4 heterocycles. The van der Waals surface area contributed by atoms with E-state index in [0.29, 0.717) is 0 Å². The zero-order valence-corrected chi connectivity index (χ0v) is 27.9. The van der Waals surface area contributed by atoms with Crippen molar-refractivity contribution < 1.29 is 54.4 Å². The minimum absolute atomic E-state index is 0.0303. The van der Waals surface area contributed by atoms with E-state index in [1.54, 1.807) is 0 Å². The summed E-state index contributed by atoms with van der Waals surface area (Å²) >= 11 is 8.96. The molecule has 1 aromatic heterocycles. The van der Waals surface area contributed by atoms with Crippen molar-refractivity contribution in [3.63, 3.8) is 0 Å². The zero-order valence-electron chi connectivity index (χ0n) is 24.7. The maximum absolute atomic E-state index is 13.3. The number of oxime groups is 2. The average Bonchev–Trinajstić information content (AvgIpc) is 3.60. The third kappa shape index (κ3) is 6.24. The van der Waals surface area contributed by atoms with E-state index in [1.807, 2.05) is 0 Å². The first kappa shape index (κ1) is 34.9. The number of benzene rings is 1. The van der Waals surface area contributed by atoms with Crippen LogP contribution in [0.15, 0.2) is 27.8 Å². The summed E-state index contributed by atoms with van der Waals surface area (Å²) in [5, 5.41) is 57.7. The highest BCUT2D eigenvalue weighted by Gasteiger charge is 2.64. The SMILES string of the molecule is CC(C)(O/N=C(\C(=O)N[C@@H]1C(=O)N2C[C@](SC3CN(C(=O)C(=NO)c4ccc(O)c(O)c4Cl)C3)(C(=O)O)S[C@H]12)c1csc(N)n1)C(=O)O. The van der Waals surface area contributed by atoms with Crippen molar-refractivity contribution in [2.45, 2.75) is 40.2 Å². The molecule has 3 aliphatic rings. The fourth-order valence-electron chi connectivity index (χ4n) is 4.70. The number of halogens is 1. The minimum Gasteiger partial charge on any atom is -0.504 e. The van der Waals surface area contributed by atoms with Crippen LogP contribution in [0.2, 0.25) is 5.02 Å². The molecular formula is C26H26ClN7O11S3. The largest absolute Gasteiger partial charge is 0.504 e. The van der Waals surface area contributed by atoms with Gasteiger partial charge >= 0.3 is 11.9 Å². The molecule has 3 aliphatic heterocycles. The van der Waals surface area contributed by atoms with Gasteiger partial charge in [0.2, 0.25) is 11.5 Å². The van der Waals surface area contributed by atoms with Crippen molar-refractivity contribution in [1.29, 1.82) is 0 Å². The van der Waals surface area contributed by atoms with Crippen LogP contribution in [0.25, 0.3) is 0 Å². The number of phenolic OH excluding ortho intramolecular Hbond substituents is 2. The molecule has 0 radical (unpaired) electrons. The molecule has 5 rings (SSSR count). The number of thioether (sulfide) groups is 2. The molecule has 8 N–H and O–H groups in total. The number of nitrogens with two attached hydrogens (primary N) is 1. The van der Waals surface area contributed by atoms with Crippen molar-refractivity contribution >= 4 is 92.7 Å². The monoisotopic (exact) mass is 743 g/mol. The maximum Gasteiger partial charge on any atom is 0.350 e. The van der Waals surface area contributed by atoms with Crippen LogP contribution >= 0.6 is 46.5 Å². The quantitative estimate of drug-likeness (QED) is 0.0539. The molecule has 0 saturated carbocycles. The van der Waals surface area contributed by atoms with Gasteiger partial charge in [0.05, 0.1) is 11.6 Å². The van der Waals surface area contributed by atoms with Crippen LogP contribution in [0, 0.1) is 0 Å². The summed E-state index contributed by atoms with van der Waals surface area (Å²) in [6.07, 6.45) is 0. The number of likely N-dealkylation sites (tertiary alicyclic amines) is 1. The van der Waals surface area contributed by atoms with Crippen molar-refractivity contribution in [2.75, 3.05) is 25.4 Å². The van der Waals surface area contributed by atoms with Crippen LogP contribution in [0.4, 0.5) is 5.13 Å². The number of nitrogens with zero attached hydrogens (tertiary/aromatic N) is 5. The number of carbonyl (C=O) groups excluding carboxylic acids is 3. The minimum atomic E-state index is -1.81. The lowest BCUT2D eigenvalue weighted by atomic mass is 10.1. The van der Waals surface area contributed by atoms with Crippen molar-refractivity contribution in [1.82, 2.24) is 20.1 Å². The molecule has 0 aliphatic carbocycles. The molecule has 3 saturated heterocycles. The molecule has 3 amide bonds. The first-order valence-corrected chi connectivity index (χ1v) is 16.6. The van der Waals surface area contributed by atoms with Crippen molar-refractivity contribution in [3.8, 4) is 11.5 Å². The van der Waals surface area contributed by atoms with Crippen molar-refractivity contribution in [2.24, 2.45) is 10.3 Å². The predicted molar refractivity (Wildman–Crippen MR) is 172 cm³/mol. The highest BCUT2D eigenvalue weighted by Crippen LogP contribution is 2.54. The molecule has 2 aromatic rings. The van der Waals surface area contributed by atoms with Gasteiger partial charge in [-0.2, -0.15) is 0 Å². The Bertz CT molecular complexity index is 1780. The number of aliphatic carboxylic acids is 2. The van der Waals surface area contributed by atoms with Crippen molar-refractivity contribution in [3.05, 3.63) is 33.8 Å². The molecule has 3 atom stereocenters. The Morgan fingerprint density at radius 2 is 1.90 bits per heavy atom. The number of nitrogen functional groups attached to an aromatic ring is 1. The van der Waals surface area contributed by atoms with E-state index in [0.717, 1.165) is 40.9 Å². The van der Waals surface area contributed by atoms with Gasteiger partial charge in [0, 0.05) is 29.3 Å². The lowest BCUT2D eigenvalue weighted by Crippen LogP contribution is -2.68. The Kier molecular flexibility index (Phi) is 9.34. The molecule has 0 bridgehead atoms. The average molecular weight is 744 g/mol. The number of hydrogen-bond acceptors (Lipinski definition) is 16. The number of amides is 3. The highest BCUT2D eigenvalue weighted by atomic mass is 35.5. The summed E-state index contributed by atoms with van der Waals surface area (Å²) in [7, 11) is 0. The number of aromatic nitrogens is 1. The van der Waals surface area contributed by atoms with Gasteiger partial charge in [-0.3, -0.25) is 14.4 Å². The van der Waals surface area contributed by atoms with Gasteiger partial charge in [0.25, 0.3) is 11.8 Å². The fourth-order valence-corrected chi connectivity index (χ4v) is 9.12. The zero-order chi connectivity index (χ0) is 35.3. The summed E-state index contributed by atoms with van der Waals surface area (Å²) in [4.78, 5) is 75.1. The molecule has 22 heteroatoms. The fraction of sp³-hybridized carbons (Fsp3) is 0.385. The number of carboxylic acids is 2. The third-order valence-electron chi connectivity index (χ3n) is 7.45. The molecule has 0 spiro atoms. The Labute approximate surface area is 287 Å². The molecule has 18 nitrogen and oxygen atoms in total. The molecule has 48 heavy (non-hydrogen) atoms. The first-order valence-electron chi connectivity index (χ1n) is 13.6. The molecule has 3 fully saturated rings. The second kappa shape index (κ2) is 12.9. The number of rotatable bonds is 11. The second-order valence-corrected chi connectivity index (χ2v) is 15.6. The van der Waals surface area contributed by atoms with E-state index in [4.69, 9.17) is 22.2 Å². The normalized spacial score (nSPS) is 22.9. The molecular weight excluding hydrogens is 718 g/mol. The number of anilines is 1. The van der Waals surface area contributed by atoms with E-state index in [2.05, 4.69) is 20.6 Å². The van der Waals surface area contributed by atoms with Gasteiger partial charge in [-0.1, -0.05) is 21.9 Å². The van der Waals surface area contributed by atoms with Gasteiger partial charge in [-0.25, -0.2) is 14.6 Å². The van der Waals surface area contributed by atoms with Gasteiger partial charge in [-0.05, 0) is 26.0 Å². The summed E-state index contributed by atoms with van der Waals surface area (Å²) in [6.45, 7) is 2.30. The van der Waals surface area contributed by atoms with E-state index in [9.17, 15) is 49.6 Å². The summed E-state index contributed by atoms with van der Waals surface area (Å²) in [5.74, 6) is -6.10. The number of fused-ring (bicyclic) bond motifs is 1. The Balaban J connectivity index is 1.25. The number of carboxylic acid groups (broad SMARTS) is 2. The lowest BCUT2D eigenvalue weighted by molar-refractivity contribution is -0.161.